The monoisotopic (exact) mass is 261 g/mol. The van der Waals surface area contributed by atoms with E-state index in [4.69, 9.17) is 5.11 Å². The number of alkyl halides is 3. The molecule has 0 aliphatic carbocycles. The number of rotatable bonds is 4. The molecule has 18 heavy (non-hydrogen) atoms. The summed E-state index contributed by atoms with van der Waals surface area (Å²) in [6.45, 7) is 1.48. The largest absolute Gasteiger partial charge is 0.417 e. The fraction of sp³-hybridized carbons (Fsp3) is 0.417. The molecule has 2 N–H and O–H groups in total. The van der Waals surface area contributed by atoms with Gasteiger partial charge in [-0.25, -0.2) is 0 Å². The predicted molar refractivity (Wildman–Crippen MR) is 60.1 cm³/mol. The maximum atomic E-state index is 12.7. The number of carbonyl (C=O) groups is 1. The lowest BCUT2D eigenvalue weighted by Gasteiger charge is -2.15. The first-order valence-electron chi connectivity index (χ1n) is 5.44. The van der Waals surface area contributed by atoms with Crippen molar-refractivity contribution in [1.29, 1.82) is 0 Å². The first-order chi connectivity index (χ1) is 8.36. The van der Waals surface area contributed by atoms with E-state index in [1.807, 2.05) is 0 Å². The number of aliphatic hydroxyl groups excluding tert-OH is 1. The van der Waals surface area contributed by atoms with Crippen molar-refractivity contribution in [2.45, 2.75) is 25.6 Å². The second kappa shape index (κ2) is 5.86. The Labute approximate surface area is 103 Å². The summed E-state index contributed by atoms with van der Waals surface area (Å²) in [6, 6.07) is 4.22. The minimum atomic E-state index is -4.56. The number of carbonyl (C=O) groups excluding carboxylic acids is 1. The van der Waals surface area contributed by atoms with Gasteiger partial charge in [-0.15, -0.1) is 0 Å². The topological polar surface area (TPSA) is 49.3 Å². The highest BCUT2D eigenvalue weighted by Gasteiger charge is 2.34. The lowest BCUT2D eigenvalue weighted by Crippen LogP contribution is -2.34. The quantitative estimate of drug-likeness (QED) is 0.873. The van der Waals surface area contributed by atoms with Gasteiger partial charge in [-0.3, -0.25) is 4.79 Å². The van der Waals surface area contributed by atoms with Crippen LogP contribution in [0.4, 0.5) is 13.2 Å². The molecular weight excluding hydrogens is 247 g/mol. The summed E-state index contributed by atoms with van der Waals surface area (Å²) in [5, 5.41) is 11.1. The molecule has 0 saturated heterocycles. The highest BCUT2D eigenvalue weighted by molar-refractivity contribution is 5.96. The van der Waals surface area contributed by atoms with Gasteiger partial charge < -0.3 is 10.4 Å². The third-order valence-corrected chi connectivity index (χ3v) is 2.42. The zero-order chi connectivity index (χ0) is 13.8. The molecule has 0 bridgehead atoms. The normalized spacial score (nSPS) is 13.2. The molecule has 1 atom stereocenters. The third-order valence-electron chi connectivity index (χ3n) is 2.42. The molecule has 0 aliphatic rings. The van der Waals surface area contributed by atoms with Crippen LogP contribution in [0.3, 0.4) is 0 Å². The summed E-state index contributed by atoms with van der Waals surface area (Å²) in [6.07, 6.45) is -4.27. The van der Waals surface area contributed by atoms with E-state index in [1.54, 1.807) is 6.92 Å². The van der Waals surface area contributed by atoms with Crippen LogP contribution in [0.5, 0.6) is 0 Å². The van der Waals surface area contributed by atoms with Crippen LogP contribution in [-0.2, 0) is 6.18 Å². The van der Waals surface area contributed by atoms with E-state index < -0.39 is 23.2 Å². The zero-order valence-corrected chi connectivity index (χ0v) is 9.79. The maximum Gasteiger partial charge on any atom is 0.417 e. The Morgan fingerprint density at radius 3 is 2.56 bits per heavy atom. The van der Waals surface area contributed by atoms with Gasteiger partial charge in [-0.2, -0.15) is 13.2 Å². The zero-order valence-electron chi connectivity index (χ0n) is 9.79. The minimum absolute atomic E-state index is 0.137. The van der Waals surface area contributed by atoms with Crippen molar-refractivity contribution in [1.82, 2.24) is 5.32 Å². The number of aliphatic hydroxyl groups is 1. The second-order valence-electron chi connectivity index (χ2n) is 3.93. The van der Waals surface area contributed by atoms with E-state index in [0.717, 1.165) is 12.1 Å². The van der Waals surface area contributed by atoms with Gasteiger partial charge in [0.15, 0.2) is 0 Å². The molecule has 0 heterocycles. The highest BCUT2D eigenvalue weighted by Crippen LogP contribution is 2.31. The predicted octanol–water partition coefficient (Wildman–Crippen LogP) is 2.21. The minimum Gasteiger partial charge on any atom is -0.396 e. The van der Waals surface area contributed by atoms with Gasteiger partial charge in [0.05, 0.1) is 11.1 Å². The lowest BCUT2D eigenvalue weighted by atomic mass is 10.1. The molecule has 100 valence electrons. The van der Waals surface area contributed by atoms with E-state index in [-0.39, 0.29) is 12.6 Å². The first-order valence-corrected chi connectivity index (χ1v) is 5.44. The Morgan fingerprint density at radius 2 is 2.00 bits per heavy atom. The molecule has 1 unspecified atom stereocenters. The van der Waals surface area contributed by atoms with Crippen LogP contribution < -0.4 is 5.32 Å². The van der Waals surface area contributed by atoms with Crippen LogP contribution in [0.25, 0.3) is 0 Å². The summed E-state index contributed by atoms with van der Waals surface area (Å²) in [5.41, 5.74) is -1.37. The summed E-state index contributed by atoms with van der Waals surface area (Å²) in [7, 11) is 0. The highest BCUT2D eigenvalue weighted by atomic mass is 19.4. The molecule has 0 spiro atoms. The standard InChI is InChI=1S/C12H14F3NO2/c1-8(6-7-17)16-11(18)9-4-2-3-5-10(9)12(13,14)15/h2-5,8,17H,6-7H2,1H3,(H,16,18). The first kappa shape index (κ1) is 14.5. The van der Waals surface area contributed by atoms with Crippen molar-refractivity contribution in [2.75, 3.05) is 6.61 Å². The number of benzene rings is 1. The van der Waals surface area contributed by atoms with Crippen LogP contribution in [0, 0.1) is 0 Å². The molecule has 3 nitrogen and oxygen atoms in total. The molecular formula is C12H14F3NO2. The van der Waals surface area contributed by atoms with Crippen molar-refractivity contribution in [3.05, 3.63) is 35.4 Å². The van der Waals surface area contributed by atoms with Gasteiger partial charge in [0.25, 0.3) is 5.91 Å². The van der Waals surface area contributed by atoms with E-state index in [2.05, 4.69) is 5.32 Å². The van der Waals surface area contributed by atoms with E-state index in [9.17, 15) is 18.0 Å². The summed E-state index contributed by atoms with van der Waals surface area (Å²) < 4.78 is 38.0. The Hall–Kier alpha value is -1.56. The van der Waals surface area contributed by atoms with Gasteiger partial charge in [0, 0.05) is 12.6 Å². The van der Waals surface area contributed by atoms with Gasteiger partial charge in [-0.1, -0.05) is 12.1 Å². The Balaban J connectivity index is 2.93. The average molecular weight is 261 g/mol. The SMILES string of the molecule is CC(CCO)NC(=O)c1ccccc1C(F)(F)F. The maximum absolute atomic E-state index is 12.7. The van der Waals surface area contributed by atoms with Crippen molar-refractivity contribution in [2.24, 2.45) is 0 Å². The fourth-order valence-corrected chi connectivity index (χ4v) is 1.50. The van der Waals surface area contributed by atoms with E-state index in [1.165, 1.54) is 12.1 Å². The third kappa shape index (κ3) is 3.73. The van der Waals surface area contributed by atoms with Crippen LogP contribution in [0.15, 0.2) is 24.3 Å². The lowest BCUT2D eigenvalue weighted by molar-refractivity contribution is -0.137. The van der Waals surface area contributed by atoms with E-state index in [0.29, 0.717) is 6.42 Å². The van der Waals surface area contributed by atoms with Gasteiger partial charge in [0.2, 0.25) is 0 Å². The molecule has 0 radical (unpaired) electrons. The number of amides is 1. The summed E-state index contributed by atoms with van der Waals surface area (Å²) in [5.74, 6) is -0.788. The number of nitrogens with one attached hydrogen (secondary N) is 1. The van der Waals surface area contributed by atoms with Crippen molar-refractivity contribution < 1.29 is 23.1 Å². The molecule has 1 amide bonds. The van der Waals surface area contributed by atoms with Gasteiger partial charge in [0.1, 0.15) is 0 Å². The molecule has 1 aromatic carbocycles. The Bertz CT molecular complexity index is 418. The van der Waals surface area contributed by atoms with Crippen LogP contribution in [0.2, 0.25) is 0 Å². The van der Waals surface area contributed by atoms with Gasteiger partial charge >= 0.3 is 6.18 Å². The molecule has 0 fully saturated rings. The second-order valence-corrected chi connectivity index (χ2v) is 3.93. The van der Waals surface area contributed by atoms with E-state index >= 15 is 0 Å². The molecule has 1 rings (SSSR count). The summed E-state index contributed by atoms with van der Waals surface area (Å²) >= 11 is 0. The van der Waals surface area contributed by atoms with Gasteiger partial charge in [-0.05, 0) is 25.5 Å². The molecule has 0 aromatic heterocycles. The Morgan fingerprint density at radius 1 is 1.39 bits per heavy atom. The smallest absolute Gasteiger partial charge is 0.396 e. The number of halogens is 3. The van der Waals surface area contributed by atoms with Crippen molar-refractivity contribution in [3.8, 4) is 0 Å². The molecule has 0 aliphatic heterocycles. The van der Waals surface area contributed by atoms with Crippen molar-refractivity contribution in [3.63, 3.8) is 0 Å². The van der Waals surface area contributed by atoms with Crippen LogP contribution in [0.1, 0.15) is 29.3 Å². The molecule has 0 saturated carbocycles. The number of hydrogen-bond donors (Lipinski definition) is 2. The van der Waals surface area contributed by atoms with Crippen LogP contribution in [-0.4, -0.2) is 23.7 Å². The van der Waals surface area contributed by atoms with Crippen LogP contribution >= 0.6 is 0 Å². The summed E-state index contributed by atoms with van der Waals surface area (Å²) in [4.78, 5) is 11.7. The average Bonchev–Trinajstić information content (AvgIpc) is 2.28. The fourth-order valence-electron chi connectivity index (χ4n) is 1.50. The Kier molecular flexibility index (Phi) is 4.72. The van der Waals surface area contributed by atoms with Crippen molar-refractivity contribution >= 4 is 5.91 Å². The molecule has 1 aromatic rings. The number of hydrogen-bond acceptors (Lipinski definition) is 2. The molecule has 6 heteroatoms.